The quantitative estimate of drug-likeness (QED) is 0.730. The molecule has 0 spiro atoms. The monoisotopic (exact) mass is 391 g/mol. The summed E-state index contributed by atoms with van der Waals surface area (Å²) in [5.41, 5.74) is 3.44. The van der Waals surface area contributed by atoms with Crippen LogP contribution >= 0.6 is 27.7 Å². The van der Waals surface area contributed by atoms with Gasteiger partial charge in [0.05, 0.1) is 16.6 Å². The number of hydrogen-bond acceptors (Lipinski definition) is 4. The van der Waals surface area contributed by atoms with E-state index in [0.29, 0.717) is 6.61 Å². The van der Waals surface area contributed by atoms with Gasteiger partial charge >= 0.3 is 0 Å². The lowest BCUT2D eigenvalue weighted by atomic mass is 10.1. The minimum Gasteiger partial charge on any atom is -0.493 e. The maximum absolute atomic E-state index is 5.98. The molecule has 3 rings (SSSR count). The number of methoxy groups -OCH3 is 1. The van der Waals surface area contributed by atoms with Crippen LogP contribution in [0.1, 0.15) is 16.7 Å². The van der Waals surface area contributed by atoms with Crippen LogP contribution in [0.2, 0.25) is 0 Å². The van der Waals surface area contributed by atoms with E-state index in [-0.39, 0.29) is 0 Å². The van der Waals surface area contributed by atoms with Crippen LogP contribution in [0.5, 0.6) is 11.5 Å². The second-order valence-electron chi connectivity index (χ2n) is 5.30. The Balaban J connectivity index is 1.82. The molecule has 0 fully saturated rings. The third kappa shape index (κ3) is 3.90. The van der Waals surface area contributed by atoms with E-state index in [1.165, 1.54) is 5.56 Å². The second kappa shape index (κ2) is 7.41. The van der Waals surface area contributed by atoms with Gasteiger partial charge in [0, 0.05) is 17.9 Å². The molecule has 2 aromatic rings. The summed E-state index contributed by atoms with van der Waals surface area (Å²) in [6.45, 7) is 3.46. The van der Waals surface area contributed by atoms with Gasteiger partial charge in [-0.3, -0.25) is 4.99 Å². The van der Waals surface area contributed by atoms with Gasteiger partial charge in [-0.1, -0.05) is 29.8 Å². The predicted octanol–water partition coefficient (Wildman–Crippen LogP) is 4.84. The van der Waals surface area contributed by atoms with Crippen LogP contribution in [0, 0.1) is 6.92 Å². The van der Waals surface area contributed by atoms with Crippen LogP contribution in [-0.2, 0) is 6.61 Å². The minimum atomic E-state index is 0.504. The summed E-state index contributed by atoms with van der Waals surface area (Å²) in [7, 11) is 1.66. The fraction of sp³-hybridized carbons (Fsp3) is 0.278. The SMILES string of the molecule is COc1cc(C2=NCCS2)cc(Br)c1OCc1ccc(C)cc1. The number of aliphatic imine (C=N–C) groups is 1. The molecule has 0 aliphatic carbocycles. The van der Waals surface area contributed by atoms with Gasteiger partial charge in [-0.15, -0.1) is 11.8 Å². The summed E-state index contributed by atoms with van der Waals surface area (Å²) in [6, 6.07) is 12.4. The van der Waals surface area contributed by atoms with E-state index in [0.717, 1.165) is 44.4 Å². The molecule has 0 saturated heterocycles. The van der Waals surface area contributed by atoms with E-state index >= 15 is 0 Å². The normalized spacial score (nSPS) is 13.8. The highest BCUT2D eigenvalue weighted by Gasteiger charge is 2.17. The van der Waals surface area contributed by atoms with Gasteiger partial charge in [-0.05, 0) is 40.5 Å². The Labute approximate surface area is 149 Å². The summed E-state index contributed by atoms with van der Waals surface area (Å²) in [5.74, 6) is 2.48. The van der Waals surface area contributed by atoms with E-state index in [2.05, 4.69) is 52.1 Å². The average molecular weight is 392 g/mol. The van der Waals surface area contributed by atoms with Gasteiger partial charge in [-0.25, -0.2) is 0 Å². The standard InChI is InChI=1S/C18H18BrNO2S/c1-12-3-5-13(6-4-12)11-22-17-15(19)9-14(10-16(17)21-2)18-20-7-8-23-18/h3-6,9-10H,7-8,11H2,1-2H3. The molecule has 23 heavy (non-hydrogen) atoms. The first-order chi connectivity index (χ1) is 11.2. The minimum absolute atomic E-state index is 0.504. The topological polar surface area (TPSA) is 30.8 Å². The van der Waals surface area contributed by atoms with Gasteiger partial charge in [-0.2, -0.15) is 0 Å². The van der Waals surface area contributed by atoms with Crippen LogP contribution < -0.4 is 9.47 Å². The van der Waals surface area contributed by atoms with Crippen molar-refractivity contribution in [2.75, 3.05) is 19.4 Å². The third-order valence-corrected chi connectivity index (χ3v) is 5.18. The number of hydrogen-bond donors (Lipinski definition) is 0. The van der Waals surface area contributed by atoms with Gasteiger partial charge in [0.2, 0.25) is 0 Å². The van der Waals surface area contributed by atoms with E-state index in [4.69, 9.17) is 9.47 Å². The van der Waals surface area contributed by atoms with Crippen molar-refractivity contribution in [1.29, 1.82) is 0 Å². The Bertz CT molecular complexity index is 729. The third-order valence-electron chi connectivity index (χ3n) is 3.57. The van der Waals surface area contributed by atoms with E-state index in [1.54, 1.807) is 18.9 Å². The molecule has 0 saturated carbocycles. The number of ether oxygens (including phenoxy) is 2. The molecular weight excluding hydrogens is 374 g/mol. The molecule has 0 unspecified atom stereocenters. The van der Waals surface area contributed by atoms with Crippen molar-refractivity contribution in [3.05, 3.63) is 57.6 Å². The molecule has 0 aromatic heterocycles. The molecule has 0 amide bonds. The predicted molar refractivity (Wildman–Crippen MR) is 100 cm³/mol. The number of halogens is 1. The lowest BCUT2D eigenvalue weighted by Gasteiger charge is -2.14. The van der Waals surface area contributed by atoms with Crippen molar-refractivity contribution in [2.24, 2.45) is 4.99 Å². The highest BCUT2D eigenvalue weighted by molar-refractivity contribution is 9.10. The lowest BCUT2D eigenvalue weighted by Crippen LogP contribution is -2.01. The molecule has 1 aliphatic heterocycles. The first-order valence-electron chi connectivity index (χ1n) is 7.41. The Kier molecular flexibility index (Phi) is 5.28. The van der Waals surface area contributed by atoms with Crippen LogP contribution in [0.25, 0.3) is 0 Å². The number of thioether (sulfide) groups is 1. The zero-order chi connectivity index (χ0) is 16.2. The Morgan fingerprint density at radius 3 is 2.65 bits per heavy atom. The molecular formula is C18H18BrNO2S. The molecule has 3 nitrogen and oxygen atoms in total. The van der Waals surface area contributed by atoms with Crippen LogP contribution in [0.15, 0.2) is 45.9 Å². The molecule has 120 valence electrons. The number of benzene rings is 2. The van der Waals surface area contributed by atoms with E-state index < -0.39 is 0 Å². The Morgan fingerprint density at radius 1 is 1.22 bits per heavy atom. The first kappa shape index (κ1) is 16.4. The highest BCUT2D eigenvalue weighted by atomic mass is 79.9. The summed E-state index contributed by atoms with van der Waals surface area (Å²) in [6.07, 6.45) is 0. The Hall–Kier alpha value is -1.46. The number of rotatable bonds is 5. The van der Waals surface area contributed by atoms with Gasteiger partial charge in [0.15, 0.2) is 11.5 Å². The van der Waals surface area contributed by atoms with E-state index in [9.17, 15) is 0 Å². The fourth-order valence-electron chi connectivity index (χ4n) is 2.33. The van der Waals surface area contributed by atoms with Crippen molar-refractivity contribution >= 4 is 32.7 Å². The molecule has 0 N–H and O–H groups in total. The summed E-state index contributed by atoms with van der Waals surface area (Å²) in [4.78, 5) is 4.52. The average Bonchev–Trinajstić information content (AvgIpc) is 3.09. The number of nitrogens with zero attached hydrogens (tertiary/aromatic N) is 1. The smallest absolute Gasteiger partial charge is 0.175 e. The summed E-state index contributed by atoms with van der Waals surface area (Å²) >= 11 is 5.38. The second-order valence-corrected chi connectivity index (χ2v) is 7.24. The van der Waals surface area contributed by atoms with Crippen LogP contribution in [0.3, 0.4) is 0 Å². The van der Waals surface area contributed by atoms with Gasteiger partial charge in [0.25, 0.3) is 0 Å². The molecule has 1 heterocycles. The molecule has 1 aliphatic rings. The fourth-order valence-corrected chi connectivity index (χ4v) is 3.73. The zero-order valence-electron chi connectivity index (χ0n) is 13.1. The summed E-state index contributed by atoms with van der Waals surface area (Å²) in [5, 5.41) is 1.06. The largest absolute Gasteiger partial charge is 0.493 e. The van der Waals surface area contributed by atoms with Crippen molar-refractivity contribution in [3.8, 4) is 11.5 Å². The number of aryl methyl sites for hydroxylation is 1. The molecule has 0 radical (unpaired) electrons. The Morgan fingerprint density at radius 2 is 2.00 bits per heavy atom. The van der Waals surface area contributed by atoms with Gasteiger partial charge in [0.1, 0.15) is 6.61 Å². The molecule has 5 heteroatoms. The van der Waals surface area contributed by atoms with Crippen LogP contribution in [0.4, 0.5) is 0 Å². The maximum atomic E-state index is 5.98. The first-order valence-corrected chi connectivity index (χ1v) is 9.19. The van der Waals surface area contributed by atoms with Crippen molar-refractivity contribution in [2.45, 2.75) is 13.5 Å². The maximum Gasteiger partial charge on any atom is 0.175 e. The molecule has 0 atom stereocenters. The van der Waals surface area contributed by atoms with Crippen LogP contribution in [-0.4, -0.2) is 24.5 Å². The molecule has 2 aromatic carbocycles. The molecule has 0 bridgehead atoms. The van der Waals surface area contributed by atoms with Gasteiger partial charge < -0.3 is 9.47 Å². The zero-order valence-corrected chi connectivity index (χ0v) is 15.5. The van der Waals surface area contributed by atoms with Crippen molar-refractivity contribution in [1.82, 2.24) is 0 Å². The lowest BCUT2D eigenvalue weighted by molar-refractivity contribution is 0.282. The van der Waals surface area contributed by atoms with Crippen molar-refractivity contribution in [3.63, 3.8) is 0 Å². The van der Waals surface area contributed by atoms with E-state index in [1.807, 2.05) is 12.1 Å². The van der Waals surface area contributed by atoms with Crippen molar-refractivity contribution < 1.29 is 9.47 Å². The highest BCUT2D eigenvalue weighted by Crippen LogP contribution is 2.38. The summed E-state index contributed by atoms with van der Waals surface area (Å²) < 4.78 is 12.4.